The number of halogens is 2. The maximum absolute atomic E-state index is 13.1. The molecule has 0 amide bonds. The molecule has 0 atom stereocenters. The summed E-state index contributed by atoms with van der Waals surface area (Å²) in [4.78, 5) is 0. The molecule has 0 saturated carbocycles. The van der Waals surface area contributed by atoms with Crippen LogP contribution < -0.4 is 5.32 Å². The fourth-order valence-electron chi connectivity index (χ4n) is 1.85. The van der Waals surface area contributed by atoms with Crippen LogP contribution in [0.3, 0.4) is 0 Å². The lowest BCUT2D eigenvalue weighted by Gasteiger charge is -2.07. The Morgan fingerprint density at radius 1 is 1.42 bits per heavy atom. The number of anilines is 1. The molecule has 0 saturated heterocycles. The van der Waals surface area contributed by atoms with E-state index in [-0.39, 0.29) is 5.82 Å². The van der Waals surface area contributed by atoms with Crippen molar-refractivity contribution in [3.05, 3.63) is 51.5 Å². The quantitative estimate of drug-likeness (QED) is 0.936. The van der Waals surface area contributed by atoms with Crippen molar-refractivity contribution in [2.75, 3.05) is 5.32 Å². The van der Waals surface area contributed by atoms with Crippen molar-refractivity contribution in [3.8, 4) is 6.07 Å². The fourth-order valence-corrected chi connectivity index (χ4v) is 2.23. The number of benzene rings is 1. The highest BCUT2D eigenvalue weighted by Crippen LogP contribution is 2.21. The lowest BCUT2D eigenvalue weighted by molar-refractivity contribution is 0.621. The third-order valence-corrected chi connectivity index (χ3v) is 3.76. The standard InChI is InChI=1S/C14H13BrFN3/c1-9-10(5-12(7-17)19(9)2)8-18-11-3-4-14(16)13(15)6-11/h3-6,18H,8H2,1-2H3. The number of rotatable bonds is 3. The Labute approximate surface area is 119 Å². The van der Waals surface area contributed by atoms with Gasteiger partial charge in [-0.25, -0.2) is 4.39 Å². The Morgan fingerprint density at radius 2 is 2.16 bits per heavy atom. The van der Waals surface area contributed by atoms with Crippen molar-refractivity contribution in [1.82, 2.24) is 4.57 Å². The van der Waals surface area contributed by atoms with E-state index >= 15 is 0 Å². The molecule has 19 heavy (non-hydrogen) atoms. The molecule has 0 radical (unpaired) electrons. The lowest BCUT2D eigenvalue weighted by atomic mass is 10.2. The predicted octanol–water partition coefficient (Wildman–Crippen LogP) is 3.72. The van der Waals surface area contributed by atoms with Crippen LogP contribution in [0.1, 0.15) is 17.0 Å². The van der Waals surface area contributed by atoms with Gasteiger partial charge in [-0.1, -0.05) is 0 Å². The van der Waals surface area contributed by atoms with Gasteiger partial charge in [0.1, 0.15) is 17.6 Å². The molecule has 0 fully saturated rings. The van der Waals surface area contributed by atoms with Crippen LogP contribution in [-0.4, -0.2) is 4.57 Å². The molecule has 1 N–H and O–H groups in total. The van der Waals surface area contributed by atoms with E-state index in [0.717, 1.165) is 16.9 Å². The molecule has 0 aliphatic rings. The summed E-state index contributed by atoms with van der Waals surface area (Å²) >= 11 is 3.15. The Hall–Kier alpha value is -1.80. The van der Waals surface area contributed by atoms with E-state index in [1.165, 1.54) is 6.07 Å². The Balaban J connectivity index is 2.15. The third kappa shape index (κ3) is 2.79. The molecule has 1 aromatic carbocycles. The minimum atomic E-state index is -0.284. The van der Waals surface area contributed by atoms with Gasteiger partial charge in [0, 0.05) is 25.0 Å². The smallest absolute Gasteiger partial charge is 0.137 e. The van der Waals surface area contributed by atoms with Crippen molar-refractivity contribution >= 4 is 21.6 Å². The minimum Gasteiger partial charge on any atom is -0.381 e. The molecule has 0 aliphatic heterocycles. The van der Waals surface area contributed by atoms with Crippen LogP contribution in [0.5, 0.6) is 0 Å². The molecule has 0 bridgehead atoms. The van der Waals surface area contributed by atoms with Crippen molar-refractivity contribution in [1.29, 1.82) is 5.26 Å². The summed E-state index contributed by atoms with van der Waals surface area (Å²) in [6.45, 7) is 2.57. The molecule has 98 valence electrons. The summed E-state index contributed by atoms with van der Waals surface area (Å²) in [7, 11) is 1.87. The van der Waals surface area contributed by atoms with Crippen LogP contribution in [0.4, 0.5) is 10.1 Å². The fraction of sp³-hybridized carbons (Fsp3) is 0.214. The molecular formula is C14H13BrFN3. The molecule has 2 rings (SSSR count). The van der Waals surface area contributed by atoms with Crippen LogP contribution >= 0.6 is 15.9 Å². The summed E-state index contributed by atoms with van der Waals surface area (Å²) in [5, 5.41) is 12.2. The monoisotopic (exact) mass is 321 g/mol. The van der Waals surface area contributed by atoms with Crippen molar-refractivity contribution in [2.24, 2.45) is 7.05 Å². The van der Waals surface area contributed by atoms with Gasteiger partial charge in [-0.3, -0.25) is 0 Å². The molecule has 0 aliphatic carbocycles. The first kappa shape index (κ1) is 13.6. The van der Waals surface area contributed by atoms with Gasteiger partial charge in [-0.05, 0) is 52.7 Å². The second kappa shape index (κ2) is 5.45. The van der Waals surface area contributed by atoms with E-state index < -0.39 is 0 Å². The van der Waals surface area contributed by atoms with Crippen LogP contribution in [0.15, 0.2) is 28.7 Å². The molecule has 1 heterocycles. The Morgan fingerprint density at radius 3 is 2.74 bits per heavy atom. The summed E-state index contributed by atoms with van der Waals surface area (Å²) in [6, 6.07) is 8.80. The first-order chi connectivity index (χ1) is 9.02. The SMILES string of the molecule is Cc1c(CNc2ccc(F)c(Br)c2)cc(C#N)n1C. The molecule has 1 aromatic heterocycles. The zero-order valence-electron chi connectivity index (χ0n) is 10.7. The van der Waals surface area contributed by atoms with Crippen molar-refractivity contribution in [3.63, 3.8) is 0 Å². The van der Waals surface area contributed by atoms with Crippen molar-refractivity contribution < 1.29 is 4.39 Å². The van der Waals surface area contributed by atoms with E-state index in [2.05, 4.69) is 27.3 Å². The first-order valence-corrected chi connectivity index (χ1v) is 6.56. The molecule has 3 nitrogen and oxygen atoms in total. The summed E-state index contributed by atoms with van der Waals surface area (Å²) < 4.78 is 15.4. The van der Waals surface area contributed by atoms with Gasteiger partial charge >= 0.3 is 0 Å². The summed E-state index contributed by atoms with van der Waals surface area (Å²) in [5.41, 5.74) is 3.56. The second-order valence-electron chi connectivity index (χ2n) is 4.29. The number of nitrogens with one attached hydrogen (secondary N) is 1. The molecule has 0 unspecified atom stereocenters. The van der Waals surface area contributed by atoms with E-state index in [0.29, 0.717) is 16.7 Å². The van der Waals surface area contributed by atoms with Crippen LogP contribution in [-0.2, 0) is 13.6 Å². The average Bonchev–Trinajstić information content (AvgIpc) is 2.67. The van der Waals surface area contributed by atoms with Gasteiger partial charge in [0.05, 0.1) is 4.47 Å². The summed E-state index contributed by atoms with van der Waals surface area (Å²) in [6.07, 6.45) is 0. The number of hydrogen-bond donors (Lipinski definition) is 1. The molecule has 0 spiro atoms. The van der Waals surface area contributed by atoms with Gasteiger partial charge in [0.15, 0.2) is 0 Å². The topological polar surface area (TPSA) is 40.8 Å². The van der Waals surface area contributed by atoms with E-state index in [9.17, 15) is 4.39 Å². The predicted molar refractivity (Wildman–Crippen MR) is 76.3 cm³/mol. The van der Waals surface area contributed by atoms with Crippen molar-refractivity contribution in [2.45, 2.75) is 13.5 Å². The number of nitrogens with zero attached hydrogens (tertiary/aromatic N) is 2. The highest BCUT2D eigenvalue weighted by molar-refractivity contribution is 9.10. The minimum absolute atomic E-state index is 0.284. The highest BCUT2D eigenvalue weighted by atomic mass is 79.9. The van der Waals surface area contributed by atoms with Gasteiger partial charge in [-0.15, -0.1) is 0 Å². The van der Waals surface area contributed by atoms with E-state index in [1.54, 1.807) is 12.1 Å². The van der Waals surface area contributed by atoms with E-state index in [1.807, 2.05) is 24.6 Å². The van der Waals surface area contributed by atoms with Crippen LogP contribution in [0, 0.1) is 24.1 Å². The number of aromatic nitrogens is 1. The van der Waals surface area contributed by atoms with Crippen LogP contribution in [0.2, 0.25) is 0 Å². The lowest BCUT2D eigenvalue weighted by Crippen LogP contribution is -2.01. The highest BCUT2D eigenvalue weighted by Gasteiger charge is 2.08. The van der Waals surface area contributed by atoms with E-state index in [4.69, 9.17) is 5.26 Å². The van der Waals surface area contributed by atoms with Gasteiger partial charge < -0.3 is 9.88 Å². The normalized spacial score (nSPS) is 10.3. The first-order valence-electron chi connectivity index (χ1n) is 5.77. The summed E-state index contributed by atoms with van der Waals surface area (Å²) in [5.74, 6) is -0.284. The Bertz CT molecular complexity index is 655. The average molecular weight is 322 g/mol. The molecule has 2 aromatic rings. The van der Waals surface area contributed by atoms with Crippen LogP contribution in [0.25, 0.3) is 0 Å². The number of nitriles is 1. The zero-order chi connectivity index (χ0) is 14.0. The zero-order valence-corrected chi connectivity index (χ0v) is 12.3. The largest absolute Gasteiger partial charge is 0.381 e. The molecule has 5 heteroatoms. The van der Waals surface area contributed by atoms with Gasteiger partial charge in [-0.2, -0.15) is 5.26 Å². The van der Waals surface area contributed by atoms with Gasteiger partial charge in [0.25, 0.3) is 0 Å². The second-order valence-corrected chi connectivity index (χ2v) is 5.15. The third-order valence-electron chi connectivity index (χ3n) is 3.16. The maximum Gasteiger partial charge on any atom is 0.137 e. The Kier molecular flexibility index (Phi) is 3.91. The molecular weight excluding hydrogens is 309 g/mol. The van der Waals surface area contributed by atoms with Gasteiger partial charge in [0.2, 0.25) is 0 Å². The maximum atomic E-state index is 13.1. The number of hydrogen-bond acceptors (Lipinski definition) is 2.